The second-order valence-corrected chi connectivity index (χ2v) is 26.3. The van der Waals surface area contributed by atoms with Gasteiger partial charge in [-0.3, -0.25) is 0 Å². The zero-order valence-corrected chi connectivity index (χ0v) is 60.0. The van der Waals surface area contributed by atoms with Crippen LogP contribution in [0.3, 0.4) is 0 Å². The Balaban J connectivity index is 0. The predicted molar refractivity (Wildman–Crippen MR) is 386 cm³/mol. The summed E-state index contributed by atoms with van der Waals surface area (Å²) in [4.78, 5) is 3.44. The monoisotopic (exact) mass is 1230 g/mol. The third-order valence-corrected chi connectivity index (χ3v) is 18.0. The fourth-order valence-corrected chi connectivity index (χ4v) is 12.3. The summed E-state index contributed by atoms with van der Waals surface area (Å²) in [5.74, 6) is 3.03. The van der Waals surface area contributed by atoms with Crippen molar-refractivity contribution in [3.05, 3.63) is 101 Å². The zero-order valence-electron chi connectivity index (χ0n) is 59.0. The Hall–Kier alpha value is -2.17. The third kappa shape index (κ3) is 55.9. The Kier molecular flexibility index (Phi) is 71.8. The van der Waals surface area contributed by atoms with E-state index in [2.05, 4.69) is 115 Å². The minimum atomic E-state index is 0. The summed E-state index contributed by atoms with van der Waals surface area (Å²) in [6.07, 6.45) is 80.8. The van der Waals surface area contributed by atoms with Gasteiger partial charge in [-0.2, -0.15) is 12.8 Å². The van der Waals surface area contributed by atoms with Crippen molar-refractivity contribution in [3.8, 4) is 0 Å². The summed E-state index contributed by atoms with van der Waals surface area (Å²) in [7, 11) is 0. The largest absolute Gasteiger partial charge is 2.00 e. The van der Waals surface area contributed by atoms with E-state index in [0.29, 0.717) is 0 Å². The summed E-state index contributed by atoms with van der Waals surface area (Å²) in [6, 6.07) is 18.4. The van der Waals surface area contributed by atoms with E-state index in [-0.39, 0.29) is 16.5 Å². The Morgan fingerprint density at radius 3 is 0.942 bits per heavy atom. The van der Waals surface area contributed by atoms with Gasteiger partial charge in [0, 0.05) is 0 Å². The van der Waals surface area contributed by atoms with Crippen LogP contribution in [0.5, 0.6) is 0 Å². The topological polar surface area (TPSA) is 36.4 Å². The van der Waals surface area contributed by atoms with Crippen molar-refractivity contribution in [2.45, 2.75) is 420 Å². The van der Waals surface area contributed by atoms with Crippen LogP contribution >= 0.6 is 0 Å². The molecule has 0 aliphatic heterocycles. The van der Waals surface area contributed by atoms with E-state index < -0.39 is 0 Å². The smallest absolute Gasteiger partial charge is 0.348 e. The Morgan fingerprint density at radius 1 is 0.326 bits per heavy atom. The molecule has 0 unspecified atom stereocenters. The van der Waals surface area contributed by atoms with E-state index >= 15 is 0 Å². The van der Waals surface area contributed by atoms with Crippen LogP contribution < -0.4 is 0 Å². The van der Waals surface area contributed by atoms with Crippen LogP contribution in [0.15, 0.2) is 59.7 Å². The van der Waals surface area contributed by atoms with E-state index in [1.165, 1.54) is 361 Å². The molecule has 0 saturated heterocycles. The third-order valence-electron chi connectivity index (χ3n) is 18.0. The van der Waals surface area contributed by atoms with E-state index in [1.54, 1.807) is 0 Å². The standard InChI is InChI=1S/C35H50N2.2C24H49.Ni/c1-5-9-13-15-20-33(28-37-36)34(22-14-10-6-2)35(31-25-23-29(24-26-31)17-11-7-3)32-21-16-19-30(27-32)18-12-8-4;2*1-3-5-7-9-11-13-15-17-19-21-23-24-22-20-18-16-14-12-10-8-6-4-2;/h16,19,21,23-27H,5-15,17-18,20,22H2,1-4H3;2*1,3-24H2,2H3;/q;2*-1;+2. The number of unbranched alkanes of at least 4 members (excludes halogenated alkanes) is 49. The Bertz CT molecular complexity index is 1670. The van der Waals surface area contributed by atoms with Crippen molar-refractivity contribution in [1.29, 1.82) is 0 Å². The van der Waals surface area contributed by atoms with E-state index in [1.807, 2.05) is 0 Å². The Morgan fingerprint density at radius 2 is 0.616 bits per heavy atom. The first-order chi connectivity index (χ1) is 42.0. The molecule has 500 valence electrons. The first-order valence-electron chi connectivity index (χ1n) is 38.5. The van der Waals surface area contributed by atoms with Gasteiger partial charge in [-0.15, -0.1) is 4.79 Å². The summed E-state index contributed by atoms with van der Waals surface area (Å²) < 4.78 is 0. The molecule has 2 aromatic rings. The van der Waals surface area contributed by atoms with E-state index in [9.17, 15) is 5.53 Å². The van der Waals surface area contributed by atoms with Crippen LogP contribution in [0.1, 0.15) is 430 Å². The summed E-state index contributed by atoms with van der Waals surface area (Å²) in [6.45, 7) is 21.4. The molecule has 0 amide bonds. The molecular formula is C83H148N2Ni. The predicted octanol–water partition coefficient (Wildman–Crippen LogP) is 29.4. The minimum Gasteiger partial charge on any atom is -0.348 e. The molecule has 0 N–H and O–H groups in total. The summed E-state index contributed by atoms with van der Waals surface area (Å²) in [5, 5.41) is 0. The second kappa shape index (κ2) is 71.9. The van der Waals surface area contributed by atoms with Crippen LogP contribution in [0.4, 0.5) is 0 Å². The van der Waals surface area contributed by atoms with Crippen molar-refractivity contribution in [3.63, 3.8) is 0 Å². The molecule has 0 bridgehead atoms. The number of aryl methyl sites for hydroxylation is 2. The first kappa shape index (κ1) is 85.9. The van der Waals surface area contributed by atoms with Crippen LogP contribution in [-0.4, -0.2) is 10.7 Å². The van der Waals surface area contributed by atoms with Gasteiger partial charge in [0.05, 0.1) is 5.57 Å². The molecule has 3 heteroatoms. The van der Waals surface area contributed by atoms with Gasteiger partial charge >= 0.3 is 22.4 Å². The van der Waals surface area contributed by atoms with Gasteiger partial charge < -0.3 is 19.4 Å². The van der Waals surface area contributed by atoms with Gasteiger partial charge in [-0.05, 0) is 84.8 Å². The quantitative estimate of drug-likeness (QED) is 0.0120. The van der Waals surface area contributed by atoms with E-state index in [4.69, 9.17) is 0 Å². The molecule has 2 nitrogen and oxygen atoms in total. The maximum absolute atomic E-state index is 9.61. The molecule has 0 aromatic heterocycles. The normalized spacial score (nSPS) is 11.3. The van der Waals surface area contributed by atoms with Crippen molar-refractivity contribution in [2.75, 3.05) is 0 Å². The van der Waals surface area contributed by atoms with Gasteiger partial charge in [0.1, 0.15) is 0 Å². The van der Waals surface area contributed by atoms with Gasteiger partial charge in [-0.1, -0.05) is 405 Å². The fourth-order valence-electron chi connectivity index (χ4n) is 12.3. The molecule has 2 rings (SSSR count). The van der Waals surface area contributed by atoms with Crippen LogP contribution in [0.2, 0.25) is 0 Å². The van der Waals surface area contributed by atoms with Crippen LogP contribution in [0.25, 0.3) is 11.1 Å². The summed E-state index contributed by atoms with van der Waals surface area (Å²) >= 11 is 0. The van der Waals surface area contributed by atoms with Crippen LogP contribution in [-0.2, 0) is 29.3 Å². The number of hydrogen-bond acceptors (Lipinski definition) is 0. The molecule has 0 spiro atoms. The molecule has 86 heavy (non-hydrogen) atoms. The number of rotatable bonds is 60. The second-order valence-electron chi connectivity index (χ2n) is 26.3. The molecular weight excluding hydrogens is 1080 g/mol. The number of benzene rings is 2. The number of hydrogen-bond donors (Lipinski definition) is 0. The SMILES string of the molecule is CCCCCCC(=C=[N+]=[N-])C(CCCCC)=C(c1ccc(CCCC)cc1)c1cccc(CCCC)c1.[CH2-]CCCCCCCCCCCCCCCCCCCCCCC.[CH2-]CCCCCCCCCCCCCCCCCCCCCCC.[Ni+2]. The molecule has 0 aliphatic carbocycles. The van der Waals surface area contributed by atoms with Crippen molar-refractivity contribution in [1.82, 2.24) is 0 Å². The number of nitrogens with zero attached hydrogens (tertiary/aromatic N) is 2. The average molecular weight is 1230 g/mol. The van der Waals surface area contributed by atoms with Crippen molar-refractivity contribution < 1.29 is 21.3 Å². The Labute approximate surface area is 551 Å². The van der Waals surface area contributed by atoms with Crippen molar-refractivity contribution in [2.24, 2.45) is 0 Å². The first-order valence-corrected chi connectivity index (χ1v) is 38.5. The van der Waals surface area contributed by atoms with Gasteiger partial charge in [0.25, 0.3) is 0 Å². The van der Waals surface area contributed by atoms with E-state index in [0.717, 1.165) is 56.9 Å². The summed E-state index contributed by atoms with van der Waals surface area (Å²) in [5.41, 5.74) is 18.6. The molecule has 0 aliphatic rings. The van der Waals surface area contributed by atoms with Gasteiger partial charge in [0.15, 0.2) is 0 Å². The molecule has 0 heterocycles. The maximum atomic E-state index is 9.61. The fraction of sp³-hybridized carbons (Fsp3) is 0.783. The zero-order chi connectivity index (χ0) is 61.8. The van der Waals surface area contributed by atoms with Crippen molar-refractivity contribution >= 4 is 11.4 Å². The average Bonchev–Trinajstić information content (AvgIpc) is 1.96. The number of allylic oxidation sites excluding steroid dienone is 2. The van der Waals surface area contributed by atoms with Crippen LogP contribution in [0, 0.1) is 13.8 Å². The molecule has 0 atom stereocenters. The molecule has 0 saturated carbocycles. The molecule has 2 aromatic carbocycles. The molecule has 0 radical (unpaired) electrons. The van der Waals surface area contributed by atoms with Gasteiger partial charge in [-0.25, -0.2) is 0 Å². The maximum Gasteiger partial charge on any atom is 2.00 e. The molecule has 0 fully saturated rings. The van der Waals surface area contributed by atoms with Gasteiger partial charge in [0.2, 0.25) is 0 Å². The minimum absolute atomic E-state index is 0.